The molecular formula is C11H17NOS. The van der Waals surface area contributed by atoms with Crippen molar-refractivity contribution in [3.63, 3.8) is 0 Å². The highest BCUT2D eigenvalue weighted by atomic mass is 32.1. The summed E-state index contributed by atoms with van der Waals surface area (Å²) in [5, 5.41) is 0.254. The fraction of sp³-hybridized carbons (Fsp3) is 0.455. The summed E-state index contributed by atoms with van der Waals surface area (Å²) in [4.78, 5) is 0. The van der Waals surface area contributed by atoms with Crippen LogP contribution in [0.25, 0.3) is 0 Å². The maximum Gasteiger partial charge on any atom is 0.147 e. The van der Waals surface area contributed by atoms with Crippen molar-refractivity contribution in [2.75, 3.05) is 0 Å². The molecule has 3 heteroatoms. The highest BCUT2D eigenvalue weighted by molar-refractivity contribution is 7.80. The first-order valence-corrected chi connectivity index (χ1v) is 5.35. The topological polar surface area (TPSA) is 35.2 Å². The normalized spacial score (nSPS) is 14.9. The van der Waals surface area contributed by atoms with Crippen LogP contribution in [0.4, 0.5) is 0 Å². The predicted molar refractivity (Wildman–Crippen MR) is 62.7 cm³/mol. The van der Waals surface area contributed by atoms with Crippen molar-refractivity contribution in [2.45, 2.75) is 31.7 Å². The Morgan fingerprint density at radius 3 is 2.36 bits per heavy atom. The highest BCUT2D eigenvalue weighted by Crippen LogP contribution is 2.21. The molecule has 0 fully saturated rings. The van der Waals surface area contributed by atoms with Crippen molar-refractivity contribution >= 4 is 12.6 Å². The smallest absolute Gasteiger partial charge is 0.147 e. The van der Waals surface area contributed by atoms with E-state index in [0.717, 1.165) is 12.2 Å². The van der Waals surface area contributed by atoms with E-state index in [2.05, 4.69) is 12.6 Å². The highest BCUT2D eigenvalue weighted by Gasteiger charge is 2.02. The summed E-state index contributed by atoms with van der Waals surface area (Å²) in [6.07, 6.45) is 0.597. The number of ether oxygens (including phenoxy) is 1. The molecule has 0 spiro atoms. The van der Waals surface area contributed by atoms with Gasteiger partial charge in [-0.05, 0) is 31.0 Å². The number of benzene rings is 1. The number of hydrogen-bond acceptors (Lipinski definition) is 3. The number of rotatable bonds is 4. The summed E-state index contributed by atoms with van der Waals surface area (Å²) >= 11 is 4.34. The molecule has 0 aliphatic carbocycles. The number of hydrogen-bond donors (Lipinski definition) is 2. The van der Waals surface area contributed by atoms with E-state index >= 15 is 0 Å². The summed E-state index contributed by atoms with van der Waals surface area (Å²) < 4.78 is 5.45. The fourth-order valence-corrected chi connectivity index (χ4v) is 1.26. The summed E-state index contributed by atoms with van der Waals surface area (Å²) in [6, 6.07) is 7.87. The second kappa shape index (κ2) is 5.27. The molecule has 0 saturated heterocycles. The predicted octanol–water partition coefficient (Wildman–Crippen LogP) is 2.75. The largest absolute Gasteiger partial charge is 0.476 e. The lowest BCUT2D eigenvalue weighted by Gasteiger charge is -2.13. The first-order chi connectivity index (χ1) is 6.63. The number of thiol groups is 1. The first-order valence-electron chi connectivity index (χ1n) is 4.83. The maximum atomic E-state index is 5.67. The van der Waals surface area contributed by atoms with Gasteiger partial charge in [-0.25, -0.2) is 0 Å². The van der Waals surface area contributed by atoms with Crippen molar-refractivity contribution < 1.29 is 4.74 Å². The second-order valence-corrected chi connectivity index (χ2v) is 4.08. The monoisotopic (exact) mass is 211 g/mol. The van der Waals surface area contributed by atoms with Crippen molar-refractivity contribution in [1.82, 2.24) is 0 Å². The third-order valence-electron chi connectivity index (χ3n) is 2.05. The number of nitrogens with two attached hydrogens (primary N) is 1. The van der Waals surface area contributed by atoms with Crippen molar-refractivity contribution in [1.29, 1.82) is 0 Å². The molecule has 14 heavy (non-hydrogen) atoms. The lowest BCUT2D eigenvalue weighted by Crippen LogP contribution is -2.25. The molecule has 0 aliphatic heterocycles. The van der Waals surface area contributed by atoms with Gasteiger partial charge in [-0.15, -0.1) is 0 Å². The Hall–Kier alpha value is -0.670. The zero-order valence-corrected chi connectivity index (χ0v) is 9.50. The molecule has 0 heterocycles. The minimum atomic E-state index is -0.214. The molecule has 0 bridgehead atoms. The molecule has 1 unspecified atom stereocenters. The molecule has 1 rings (SSSR count). The van der Waals surface area contributed by atoms with Gasteiger partial charge >= 0.3 is 0 Å². The van der Waals surface area contributed by atoms with Gasteiger partial charge < -0.3 is 4.74 Å². The summed E-state index contributed by atoms with van der Waals surface area (Å²) in [5.74, 6) is 0.817. The quantitative estimate of drug-likeness (QED) is 0.593. The van der Waals surface area contributed by atoms with E-state index in [9.17, 15) is 0 Å². The summed E-state index contributed by atoms with van der Waals surface area (Å²) in [6.45, 7) is 4.03. The molecule has 0 amide bonds. The molecule has 78 valence electrons. The molecule has 2 N–H and O–H groups in total. The van der Waals surface area contributed by atoms with Gasteiger partial charge in [0.25, 0.3) is 0 Å². The average Bonchev–Trinajstić information content (AvgIpc) is 2.18. The van der Waals surface area contributed by atoms with Crippen LogP contribution in [0.15, 0.2) is 24.3 Å². The Labute approximate surface area is 90.9 Å². The van der Waals surface area contributed by atoms with Gasteiger partial charge in [-0.1, -0.05) is 19.1 Å². The van der Waals surface area contributed by atoms with Gasteiger partial charge in [0.15, 0.2) is 0 Å². The van der Waals surface area contributed by atoms with E-state index in [4.69, 9.17) is 10.5 Å². The van der Waals surface area contributed by atoms with Crippen molar-refractivity contribution in [2.24, 2.45) is 5.73 Å². The van der Waals surface area contributed by atoms with Gasteiger partial charge in [-0.2, -0.15) is 12.6 Å². The fourth-order valence-electron chi connectivity index (χ4n) is 1.08. The van der Waals surface area contributed by atoms with Crippen molar-refractivity contribution in [3.05, 3.63) is 29.8 Å². The van der Waals surface area contributed by atoms with Crippen LogP contribution in [0.5, 0.6) is 5.75 Å². The molecule has 2 atom stereocenters. The standard InChI is InChI=1S/C11H17NOS/c1-3-11(12)13-10-6-4-9(5-7-10)8(2)14/h4-8,11,14H,3,12H2,1-2H3/t8-,11?/m0/s1. The third kappa shape index (κ3) is 3.24. The van der Waals surface area contributed by atoms with E-state index in [0.29, 0.717) is 0 Å². The minimum Gasteiger partial charge on any atom is -0.476 e. The van der Waals surface area contributed by atoms with Crippen molar-refractivity contribution in [3.8, 4) is 5.75 Å². The maximum absolute atomic E-state index is 5.67. The van der Waals surface area contributed by atoms with Gasteiger partial charge in [0.2, 0.25) is 0 Å². The van der Waals surface area contributed by atoms with E-state index in [1.807, 2.05) is 38.1 Å². The van der Waals surface area contributed by atoms with Gasteiger partial charge in [0.05, 0.1) is 0 Å². The van der Waals surface area contributed by atoms with E-state index < -0.39 is 0 Å². The molecule has 0 saturated carbocycles. The Balaban J connectivity index is 2.64. The SMILES string of the molecule is CCC(N)Oc1ccc([C@H](C)S)cc1. The summed E-state index contributed by atoms with van der Waals surface area (Å²) in [7, 11) is 0. The Morgan fingerprint density at radius 2 is 1.93 bits per heavy atom. The molecule has 2 nitrogen and oxygen atoms in total. The van der Waals surface area contributed by atoms with Crippen LogP contribution in [0.1, 0.15) is 31.1 Å². The molecular weight excluding hydrogens is 194 g/mol. The van der Waals surface area contributed by atoms with Crippen LogP contribution in [-0.2, 0) is 0 Å². The van der Waals surface area contributed by atoms with Crippen LogP contribution in [-0.4, -0.2) is 6.23 Å². The Morgan fingerprint density at radius 1 is 1.36 bits per heavy atom. The van der Waals surface area contributed by atoms with Gasteiger partial charge in [-0.3, -0.25) is 5.73 Å². The first kappa shape index (κ1) is 11.4. The van der Waals surface area contributed by atoms with Crippen LogP contribution < -0.4 is 10.5 Å². The molecule has 0 radical (unpaired) electrons. The summed E-state index contributed by atoms with van der Waals surface area (Å²) in [5.41, 5.74) is 6.85. The molecule has 1 aromatic rings. The minimum absolute atomic E-state index is 0.214. The van der Waals surface area contributed by atoms with Crippen LogP contribution >= 0.6 is 12.6 Å². The Kier molecular flexibility index (Phi) is 4.29. The van der Waals surface area contributed by atoms with E-state index in [1.165, 1.54) is 5.56 Å². The lowest BCUT2D eigenvalue weighted by molar-refractivity contribution is 0.205. The third-order valence-corrected chi connectivity index (χ3v) is 2.35. The van der Waals surface area contributed by atoms with Gasteiger partial charge in [0.1, 0.15) is 12.0 Å². The molecule has 0 aromatic heterocycles. The average molecular weight is 211 g/mol. The van der Waals surface area contributed by atoms with E-state index in [1.54, 1.807) is 0 Å². The lowest BCUT2D eigenvalue weighted by atomic mass is 10.1. The zero-order valence-electron chi connectivity index (χ0n) is 8.60. The molecule has 0 aliphatic rings. The zero-order chi connectivity index (χ0) is 10.6. The Bertz CT molecular complexity index is 271. The van der Waals surface area contributed by atoms with Gasteiger partial charge in [0, 0.05) is 5.25 Å². The van der Waals surface area contributed by atoms with Crippen LogP contribution in [0.3, 0.4) is 0 Å². The molecule has 1 aromatic carbocycles. The van der Waals surface area contributed by atoms with E-state index in [-0.39, 0.29) is 11.5 Å². The van der Waals surface area contributed by atoms with Crippen LogP contribution in [0.2, 0.25) is 0 Å². The second-order valence-electron chi connectivity index (χ2n) is 3.31. The van der Waals surface area contributed by atoms with Crippen LogP contribution in [0, 0.1) is 0 Å².